The van der Waals surface area contributed by atoms with Gasteiger partial charge in [0.25, 0.3) is 5.92 Å². The molecule has 3 aliphatic rings. The summed E-state index contributed by atoms with van der Waals surface area (Å²) in [7, 11) is -2.77. The topological polar surface area (TPSA) is 103 Å². The molecule has 1 aromatic carbocycles. The summed E-state index contributed by atoms with van der Waals surface area (Å²) >= 11 is 5.95. The highest BCUT2D eigenvalue weighted by Gasteiger charge is 2.82. The molecule has 0 spiro atoms. The fourth-order valence-electron chi connectivity index (χ4n) is 6.13. The van der Waals surface area contributed by atoms with Gasteiger partial charge in [0, 0.05) is 45.6 Å². The second-order valence-electron chi connectivity index (χ2n) is 11.7. The highest BCUT2D eigenvalue weighted by atomic mass is 35.5. The summed E-state index contributed by atoms with van der Waals surface area (Å²) < 4.78 is 94.0. The number of amides is 1. The average Bonchev–Trinajstić information content (AvgIpc) is 3.12. The van der Waals surface area contributed by atoms with Gasteiger partial charge in [-0.05, 0) is 44.4 Å². The number of aromatic nitrogens is 3. The van der Waals surface area contributed by atoms with Gasteiger partial charge in [-0.1, -0.05) is 23.7 Å². The van der Waals surface area contributed by atoms with Crippen LogP contribution in [0.2, 0.25) is 5.15 Å². The van der Waals surface area contributed by atoms with Gasteiger partial charge in [-0.25, -0.2) is 22.5 Å². The number of alkyl halides is 5. The van der Waals surface area contributed by atoms with Crippen LogP contribution in [0.1, 0.15) is 43.9 Å². The highest BCUT2D eigenvalue weighted by Crippen LogP contribution is 2.71. The summed E-state index contributed by atoms with van der Waals surface area (Å²) in [5.74, 6) is -5.60. The molecule has 0 saturated heterocycles. The summed E-state index contributed by atoms with van der Waals surface area (Å²) in [5.41, 5.74) is -3.65. The number of carbonyl (C=O) groups is 1. The third kappa shape index (κ3) is 3.96. The Labute approximate surface area is 237 Å². The number of benzene rings is 1. The minimum absolute atomic E-state index is 0.00539. The van der Waals surface area contributed by atoms with Gasteiger partial charge in [-0.3, -0.25) is 9.57 Å². The predicted octanol–water partition coefficient (Wildman–Crippen LogP) is 5.42. The van der Waals surface area contributed by atoms with Crippen LogP contribution in [-0.4, -0.2) is 60.9 Å². The molecule has 3 heterocycles. The average molecular weight is 617 g/mol. The van der Waals surface area contributed by atoms with Crippen molar-refractivity contribution in [3.63, 3.8) is 0 Å². The number of halogens is 6. The Morgan fingerprint density at radius 3 is 2.41 bits per heavy atom. The molecular formula is C26H26ClF5N6O2S. The predicted molar refractivity (Wildman–Crippen MR) is 142 cm³/mol. The number of nitrogens with one attached hydrogen (secondary N) is 2. The van der Waals surface area contributed by atoms with Gasteiger partial charge in [0.1, 0.15) is 10.8 Å². The van der Waals surface area contributed by atoms with Gasteiger partial charge in [0.2, 0.25) is 5.91 Å². The van der Waals surface area contributed by atoms with Crippen LogP contribution in [0.5, 0.6) is 0 Å². The first-order valence-electron chi connectivity index (χ1n) is 12.8. The number of hydrogen-bond donors (Lipinski definition) is 2. The zero-order valence-electron chi connectivity index (χ0n) is 22.1. The van der Waals surface area contributed by atoms with Gasteiger partial charge >= 0.3 is 6.18 Å². The van der Waals surface area contributed by atoms with Crippen molar-refractivity contribution in [2.45, 2.75) is 61.4 Å². The van der Waals surface area contributed by atoms with E-state index < -0.39 is 57.1 Å². The molecule has 2 N–H and O–H groups in total. The highest BCUT2D eigenvalue weighted by molar-refractivity contribution is 7.92. The molecule has 0 bridgehead atoms. The monoisotopic (exact) mass is 616 g/mol. The van der Waals surface area contributed by atoms with Gasteiger partial charge in [-0.15, -0.1) is 0 Å². The minimum atomic E-state index is -4.65. The molecule has 4 atom stereocenters. The third-order valence-electron chi connectivity index (χ3n) is 8.97. The number of fused-ring (bicyclic) bond motifs is 3. The molecule has 2 aliphatic carbocycles. The first-order chi connectivity index (χ1) is 18.9. The van der Waals surface area contributed by atoms with Gasteiger partial charge < -0.3 is 10.2 Å². The zero-order chi connectivity index (χ0) is 29.9. The zero-order valence-corrected chi connectivity index (χ0v) is 23.7. The molecule has 15 heteroatoms. The van der Waals surface area contributed by atoms with E-state index in [9.17, 15) is 22.2 Å². The number of hydrogen-bond acceptors (Lipinski definition) is 6. The van der Waals surface area contributed by atoms with Crippen molar-refractivity contribution in [1.29, 1.82) is 4.78 Å². The SMILES string of the molecule is C[C@@]1(C(F)(F)F)CN(c2ccc([C@H]3C(F)(F)[C@]3(C)C(=O)NC3CC(S(C)(=N)=O)C3)cc2)c2cnc3cc(Cl)nn3c21. The molecule has 6 rings (SSSR count). The van der Waals surface area contributed by atoms with Crippen LogP contribution in [0.25, 0.3) is 5.65 Å². The lowest BCUT2D eigenvalue weighted by Crippen LogP contribution is -2.51. The molecule has 0 radical (unpaired) electrons. The fourth-order valence-corrected chi connectivity index (χ4v) is 7.50. The Morgan fingerprint density at radius 1 is 1.20 bits per heavy atom. The Morgan fingerprint density at radius 2 is 1.83 bits per heavy atom. The second-order valence-corrected chi connectivity index (χ2v) is 14.5. The van der Waals surface area contributed by atoms with E-state index in [2.05, 4.69) is 15.4 Å². The summed E-state index contributed by atoms with van der Waals surface area (Å²) in [6.07, 6.45) is -1.42. The lowest BCUT2D eigenvalue weighted by atomic mass is 9.87. The lowest BCUT2D eigenvalue weighted by Gasteiger charge is -2.36. The molecular weight excluding hydrogens is 591 g/mol. The molecule has 41 heavy (non-hydrogen) atoms. The molecule has 2 aromatic heterocycles. The van der Waals surface area contributed by atoms with Crippen LogP contribution in [-0.2, 0) is 19.9 Å². The Kier molecular flexibility index (Phi) is 5.85. The lowest BCUT2D eigenvalue weighted by molar-refractivity contribution is -0.181. The van der Waals surface area contributed by atoms with E-state index in [0.717, 1.165) is 11.4 Å². The molecule has 2 fully saturated rings. The van der Waals surface area contributed by atoms with Crippen LogP contribution in [0.3, 0.4) is 0 Å². The quantitative estimate of drug-likeness (QED) is 0.373. The van der Waals surface area contributed by atoms with Crippen LogP contribution in [0, 0.1) is 10.2 Å². The second kappa shape index (κ2) is 8.52. The van der Waals surface area contributed by atoms with E-state index in [4.69, 9.17) is 16.4 Å². The van der Waals surface area contributed by atoms with E-state index in [-0.39, 0.29) is 33.0 Å². The largest absolute Gasteiger partial charge is 0.401 e. The van der Waals surface area contributed by atoms with E-state index in [0.29, 0.717) is 18.5 Å². The standard InChI is InChI=1S/C26H26ClF5N6O2S/c1-23(26(30,31)32)12-37(17-11-34-19-10-18(27)36-38(19)21(17)23)15-6-4-13(5-7-15)20-24(2,25(20,28)29)22(39)35-14-8-16(9-14)41(3,33)40/h4-7,10-11,14,16,20,33H,8-9,12H2,1-3H3,(H,35,39)/t14?,16?,20-,23-,24+,41?/m1/s1. The molecule has 3 aromatic rings. The molecule has 1 aliphatic heterocycles. The Bertz CT molecular complexity index is 1690. The molecule has 1 unspecified atom stereocenters. The first kappa shape index (κ1) is 28.1. The first-order valence-corrected chi connectivity index (χ1v) is 15.2. The van der Waals surface area contributed by atoms with Gasteiger partial charge in [0.15, 0.2) is 10.8 Å². The van der Waals surface area contributed by atoms with Crippen molar-refractivity contribution in [2.24, 2.45) is 5.41 Å². The molecule has 8 nitrogen and oxygen atoms in total. The molecule has 220 valence electrons. The van der Waals surface area contributed by atoms with Gasteiger partial charge in [0.05, 0.1) is 23.5 Å². The number of carbonyl (C=O) groups excluding carboxylic acids is 1. The van der Waals surface area contributed by atoms with E-state index in [1.807, 2.05) is 0 Å². The number of nitrogens with zero attached hydrogens (tertiary/aromatic N) is 4. The minimum Gasteiger partial charge on any atom is -0.353 e. The molecule has 1 amide bonds. The Hall–Kier alpha value is -3.00. The van der Waals surface area contributed by atoms with E-state index in [1.165, 1.54) is 54.6 Å². The maximum Gasteiger partial charge on any atom is 0.401 e. The summed E-state index contributed by atoms with van der Waals surface area (Å²) in [4.78, 5) is 18.5. The van der Waals surface area contributed by atoms with Crippen molar-refractivity contribution >= 4 is 44.3 Å². The molecule has 2 saturated carbocycles. The van der Waals surface area contributed by atoms with Crippen molar-refractivity contribution < 1.29 is 31.0 Å². The number of rotatable bonds is 5. The van der Waals surface area contributed by atoms with Crippen LogP contribution < -0.4 is 10.2 Å². The van der Waals surface area contributed by atoms with Crippen LogP contribution in [0.15, 0.2) is 36.5 Å². The van der Waals surface area contributed by atoms with E-state index in [1.54, 1.807) is 0 Å². The maximum absolute atomic E-state index is 15.1. The van der Waals surface area contributed by atoms with Gasteiger partial charge in [-0.2, -0.15) is 18.3 Å². The summed E-state index contributed by atoms with van der Waals surface area (Å²) in [5, 5.41) is 6.24. The van der Waals surface area contributed by atoms with Crippen molar-refractivity contribution in [2.75, 3.05) is 17.7 Å². The summed E-state index contributed by atoms with van der Waals surface area (Å²) in [6, 6.07) is 6.65. The van der Waals surface area contributed by atoms with Crippen molar-refractivity contribution in [3.8, 4) is 0 Å². The van der Waals surface area contributed by atoms with Crippen molar-refractivity contribution in [3.05, 3.63) is 52.9 Å². The van der Waals surface area contributed by atoms with Crippen LogP contribution in [0.4, 0.5) is 33.3 Å². The fraction of sp³-hybridized carbons (Fsp3) is 0.500. The smallest absolute Gasteiger partial charge is 0.353 e. The third-order valence-corrected chi connectivity index (χ3v) is 10.8. The van der Waals surface area contributed by atoms with E-state index >= 15 is 8.78 Å². The maximum atomic E-state index is 15.1. The van der Waals surface area contributed by atoms with Crippen molar-refractivity contribution in [1.82, 2.24) is 19.9 Å². The normalized spacial score (nSPS) is 31.8. The Balaban J connectivity index is 1.26. The van der Waals surface area contributed by atoms with Crippen LogP contribution >= 0.6 is 11.6 Å². The summed E-state index contributed by atoms with van der Waals surface area (Å²) in [6.45, 7) is 1.76. The number of anilines is 2.